The average Bonchev–Trinajstić information content (AvgIpc) is 2.28. The minimum Gasteiger partial charge on any atom is -0.0794 e. The van der Waals surface area contributed by atoms with E-state index in [1.807, 2.05) is 0 Å². The second-order valence-electron chi connectivity index (χ2n) is 4.34. The zero-order valence-corrected chi connectivity index (χ0v) is 9.26. The van der Waals surface area contributed by atoms with E-state index in [-0.39, 0.29) is 0 Å². The van der Waals surface area contributed by atoms with Gasteiger partial charge in [0.25, 0.3) is 0 Å². The van der Waals surface area contributed by atoms with Crippen LogP contribution in [0.2, 0.25) is 0 Å². The van der Waals surface area contributed by atoms with Crippen LogP contribution in [0, 0.1) is 17.3 Å². The fourth-order valence-electron chi connectivity index (χ4n) is 2.52. The molecule has 0 nitrogen and oxygen atoms in total. The smallest absolute Gasteiger partial charge is 0.0138 e. The summed E-state index contributed by atoms with van der Waals surface area (Å²) in [5, 5.41) is 0. The van der Waals surface area contributed by atoms with Gasteiger partial charge < -0.3 is 0 Å². The predicted molar refractivity (Wildman–Crippen MR) is 56.1 cm³/mol. The van der Waals surface area contributed by atoms with Crippen LogP contribution in [0.5, 0.6) is 0 Å². The van der Waals surface area contributed by atoms with E-state index in [2.05, 4.69) is 48.0 Å². The molecular weight excluding hydrogens is 212 g/mol. The molecule has 1 saturated carbocycles. The molecule has 0 aromatic carbocycles. The molecular formula is C11H15Br. The first-order valence-corrected chi connectivity index (χ1v) is 5.49. The highest BCUT2D eigenvalue weighted by molar-refractivity contribution is 9.11. The zero-order valence-electron chi connectivity index (χ0n) is 7.68. The molecule has 0 aliphatic heterocycles. The van der Waals surface area contributed by atoms with E-state index in [1.54, 1.807) is 0 Å². The molecule has 0 amide bonds. The van der Waals surface area contributed by atoms with E-state index < -0.39 is 0 Å². The molecule has 3 atom stereocenters. The Balaban J connectivity index is 2.37. The monoisotopic (exact) mass is 226 g/mol. The van der Waals surface area contributed by atoms with Gasteiger partial charge in [0.05, 0.1) is 0 Å². The first-order valence-electron chi connectivity index (χ1n) is 4.69. The summed E-state index contributed by atoms with van der Waals surface area (Å²) < 4.78 is 1.26. The minimum absolute atomic E-state index is 0.424. The molecule has 0 saturated heterocycles. The third-order valence-electron chi connectivity index (χ3n) is 3.71. The topological polar surface area (TPSA) is 0 Å². The van der Waals surface area contributed by atoms with Crippen molar-refractivity contribution < 1.29 is 0 Å². The fraction of sp³-hybridized carbons (Fsp3) is 0.636. The van der Waals surface area contributed by atoms with Crippen LogP contribution in [0.25, 0.3) is 0 Å². The summed E-state index contributed by atoms with van der Waals surface area (Å²) in [4.78, 5) is 0. The Kier molecular flexibility index (Phi) is 1.95. The van der Waals surface area contributed by atoms with Crippen molar-refractivity contribution in [1.29, 1.82) is 0 Å². The predicted octanol–water partition coefficient (Wildman–Crippen LogP) is 3.89. The summed E-state index contributed by atoms with van der Waals surface area (Å²) in [7, 11) is 0. The molecule has 0 aromatic rings. The van der Waals surface area contributed by atoms with Crippen molar-refractivity contribution in [3.63, 3.8) is 0 Å². The molecule has 0 spiro atoms. The maximum atomic E-state index is 3.56. The fourth-order valence-corrected chi connectivity index (χ4v) is 3.17. The molecule has 1 fully saturated rings. The summed E-state index contributed by atoms with van der Waals surface area (Å²) in [5.41, 5.74) is 0.424. The molecule has 12 heavy (non-hydrogen) atoms. The Bertz CT molecular complexity index is 252. The van der Waals surface area contributed by atoms with Crippen molar-refractivity contribution in [1.82, 2.24) is 0 Å². The van der Waals surface area contributed by atoms with Crippen molar-refractivity contribution in [3.8, 4) is 0 Å². The van der Waals surface area contributed by atoms with Gasteiger partial charge in [-0.25, -0.2) is 0 Å². The lowest BCUT2D eigenvalue weighted by Crippen LogP contribution is -2.25. The van der Waals surface area contributed by atoms with E-state index in [0.717, 1.165) is 11.8 Å². The van der Waals surface area contributed by atoms with E-state index in [0.29, 0.717) is 5.41 Å². The van der Waals surface area contributed by atoms with Gasteiger partial charge in [-0.05, 0) is 30.1 Å². The maximum Gasteiger partial charge on any atom is 0.0138 e. The highest BCUT2D eigenvalue weighted by Crippen LogP contribution is 2.52. The van der Waals surface area contributed by atoms with Crippen molar-refractivity contribution in [2.75, 3.05) is 0 Å². The molecule has 2 aliphatic rings. The molecule has 2 aliphatic carbocycles. The van der Waals surface area contributed by atoms with Gasteiger partial charge in [-0.3, -0.25) is 0 Å². The van der Waals surface area contributed by atoms with Gasteiger partial charge in [-0.15, -0.1) is 0 Å². The molecule has 0 N–H and O–H groups in total. The van der Waals surface area contributed by atoms with Crippen molar-refractivity contribution >= 4 is 15.9 Å². The maximum absolute atomic E-state index is 3.56. The van der Waals surface area contributed by atoms with Gasteiger partial charge in [0, 0.05) is 4.48 Å². The van der Waals surface area contributed by atoms with E-state index in [4.69, 9.17) is 0 Å². The summed E-state index contributed by atoms with van der Waals surface area (Å²) in [6.07, 6.45) is 9.71. The molecule has 0 heterocycles. The molecule has 1 heteroatoms. The number of halogens is 1. The third kappa shape index (κ3) is 1.10. The minimum atomic E-state index is 0.424. The molecule has 3 unspecified atom stereocenters. The van der Waals surface area contributed by atoms with E-state index >= 15 is 0 Å². The van der Waals surface area contributed by atoms with Crippen LogP contribution < -0.4 is 0 Å². The largest absolute Gasteiger partial charge is 0.0794 e. The lowest BCUT2D eigenvalue weighted by atomic mass is 9.72. The lowest BCUT2D eigenvalue weighted by Gasteiger charge is -2.33. The number of hydrogen-bond donors (Lipinski definition) is 0. The number of rotatable bonds is 0. The number of fused-ring (bicyclic) bond motifs is 1. The Morgan fingerprint density at radius 2 is 2.25 bits per heavy atom. The summed E-state index contributed by atoms with van der Waals surface area (Å²) >= 11 is 3.56. The van der Waals surface area contributed by atoms with Crippen LogP contribution in [0.3, 0.4) is 0 Å². The van der Waals surface area contributed by atoms with Crippen LogP contribution in [-0.4, -0.2) is 0 Å². The Hall–Kier alpha value is -0.0400. The molecule has 66 valence electrons. The van der Waals surface area contributed by atoms with Gasteiger partial charge in [0.1, 0.15) is 0 Å². The molecule has 0 aromatic heterocycles. The van der Waals surface area contributed by atoms with Gasteiger partial charge in [-0.2, -0.15) is 0 Å². The summed E-state index contributed by atoms with van der Waals surface area (Å²) in [6, 6.07) is 0. The second kappa shape index (κ2) is 2.73. The van der Waals surface area contributed by atoms with Crippen LogP contribution in [0.15, 0.2) is 22.7 Å². The highest BCUT2D eigenvalue weighted by atomic mass is 79.9. The normalized spacial score (nSPS) is 45.8. The first kappa shape index (κ1) is 8.55. The van der Waals surface area contributed by atoms with Crippen LogP contribution in [-0.2, 0) is 0 Å². The molecule has 2 rings (SSSR count). The second-order valence-corrected chi connectivity index (χ2v) is 5.25. The zero-order chi connectivity index (χ0) is 8.77. The van der Waals surface area contributed by atoms with Crippen LogP contribution in [0.4, 0.5) is 0 Å². The average molecular weight is 227 g/mol. The first-order chi connectivity index (χ1) is 5.63. The van der Waals surface area contributed by atoms with Crippen LogP contribution >= 0.6 is 15.9 Å². The van der Waals surface area contributed by atoms with Gasteiger partial charge in [0.2, 0.25) is 0 Å². The third-order valence-corrected chi connectivity index (χ3v) is 4.20. The SMILES string of the molecule is CC1CCC2C=CC(Br)=CC12C. The van der Waals surface area contributed by atoms with E-state index in [1.165, 1.54) is 17.3 Å². The van der Waals surface area contributed by atoms with E-state index in [9.17, 15) is 0 Å². The number of hydrogen-bond acceptors (Lipinski definition) is 0. The molecule has 0 radical (unpaired) electrons. The van der Waals surface area contributed by atoms with Crippen molar-refractivity contribution in [2.24, 2.45) is 17.3 Å². The highest BCUT2D eigenvalue weighted by Gasteiger charge is 2.42. The summed E-state index contributed by atoms with van der Waals surface area (Å²) in [5.74, 6) is 1.62. The van der Waals surface area contributed by atoms with Gasteiger partial charge >= 0.3 is 0 Å². The standard InChI is InChI=1S/C11H15Br/c1-8-3-4-9-5-6-10(12)7-11(8,9)2/h5-9H,3-4H2,1-2H3. The van der Waals surface area contributed by atoms with Crippen LogP contribution in [0.1, 0.15) is 26.7 Å². The lowest BCUT2D eigenvalue weighted by molar-refractivity contribution is 0.277. The number of allylic oxidation sites excluding steroid dienone is 4. The summed E-state index contributed by atoms with van der Waals surface area (Å²) in [6.45, 7) is 4.76. The quantitative estimate of drug-likeness (QED) is 0.589. The van der Waals surface area contributed by atoms with Crippen molar-refractivity contribution in [3.05, 3.63) is 22.7 Å². The van der Waals surface area contributed by atoms with Crippen molar-refractivity contribution in [2.45, 2.75) is 26.7 Å². The Morgan fingerprint density at radius 1 is 1.50 bits per heavy atom. The Labute approximate surface area is 82.9 Å². The van der Waals surface area contributed by atoms with Gasteiger partial charge in [0.15, 0.2) is 0 Å². The van der Waals surface area contributed by atoms with Gasteiger partial charge in [-0.1, -0.05) is 48.0 Å². The molecule has 0 bridgehead atoms. The Morgan fingerprint density at radius 3 is 3.00 bits per heavy atom.